The van der Waals surface area contributed by atoms with Crippen LogP contribution >= 0.6 is 24.0 Å². The molecule has 2 aromatic rings. The van der Waals surface area contributed by atoms with Crippen LogP contribution in [0.1, 0.15) is 36.4 Å². The van der Waals surface area contributed by atoms with E-state index < -0.39 is 10.0 Å². The molecule has 8 nitrogen and oxygen atoms in total. The molecule has 0 saturated carbocycles. The molecule has 0 fully saturated rings. The van der Waals surface area contributed by atoms with Gasteiger partial charge in [0.05, 0.1) is 17.1 Å². The quantitative estimate of drug-likeness (QED) is 0.189. The molecule has 0 bridgehead atoms. The fraction of sp³-hybridized carbons (Fsp3) is 0.524. The van der Waals surface area contributed by atoms with E-state index in [2.05, 4.69) is 39.3 Å². The highest BCUT2D eigenvalue weighted by Gasteiger charge is 2.15. The first kappa shape index (κ1) is 27.4. The molecule has 0 aliphatic carbocycles. The third-order valence-corrected chi connectivity index (χ3v) is 6.38. The lowest BCUT2D eigenvalue weighted by Gasteiger charge is -2.18. The first-order chi connectivity index (χ1) is 14.1. The zero-order valence-electron chi connectivity index (χ0n) is 19.2. The Morgan fingerprint density at radius 3 is 2.39 bits per heavy atom. The zero-order chi connectivity index (χ0) is 22.3. The molecule has 10 heteroatoms. The summed E-state index contributed by atoms with van der Waals surface area (Å²) in [5.74, 6) is 0.665. The molecule has 174 valence electrons. The molecule has 31 heavy (non-hydrogen) atoms. The van der Waals surface area contributed by atoms with Gasteiger partial charge in [-0.25, -0.2) is 13.1 Å². The van der Waals surface area contributed by atoms with E-state index in [-0.39, 0.29) is 41.5 Å². The van der Waals surface area contributed by atoms with Crippen molar-refractivity contribution >= 4 is 40.0 Å². The van der Waals surface area contributed by atoms with Gasteiger partial charge in [-0.3, -0.25) is 9.67 Å². The van der Waals surface area contributed by atoms with Gasteiger partial charge in [0, 0.05) is 31.9 Å². The highest BCUT2D eigenvalue weighted by Crippen LogP contribution is 2.14. The standard InChI is InChI=1S/C21H34N6O2S.HI/c1-7-22-21(25-16(3)14-20-17(4)26-27(6)18(20)5)23-12-13-24-30(28,29)19-10-8-15(2)9-11-19;/h8-11,16,24H,7,12-14H2,1-6H3,(H2,22,23,25);1H. The number of aryl methyl sites for hydroxylation is 3. The topological polar surface area (TPSA) is 100 Å². The summed E-state index contributed by atoms with van der Waals surface area (Å²) in [4.78, 5) is 4.76. The Morgan fingerprint density at radius 2 is 1.84 bits per heavy atom. The van der Waals surface area contributed by atoms with Crippen LogP contribution in [0.3, 0.4) is 0 Å². The first-order valence-corrected chi connectivity index (χ1v) is 11.7. The maximum absolute atomic E-state index is 12.4. The van der Waals surface area contributed by atoms with Crippen LogP contribution in [0, 0.1) is 20.8 Å². The summed E-state index contributed by atoms with van der Waals surface area (Å²) in [5, 5.41) is 11.1. The molecule has 1 atom stereocenters. The number of sulfonamides is 1. The predicted molar refractivity (Wildman–Crippen MR) is 137 cm³/mol. The summed E-state index contributed by atoms with van der Waals surface area (Å²) < 4.78 is 29.2. The Bertz CT molecular complexity index is 971. The van der Waals surface area contributed by atoms with Gasteiger partial charge < -0.3 is 10.6 Å². The van der Waals surface area contributed by atoms with Gasteiger partial charge in [0.2, 0.25) is 10.0 Å². The van der Waals surface area contributed by atoms with Crippen LogP contribution in [0.2, 0.25) is 0 Å². The summed E-state index contributed by atoms with van der Waals surface area (Å²) in [6.07, 6.45) is 0.829. The van der Waals surface area contributed by atoms with Gasteiger partial charge >= 0.3 is 0 Å². The molecular formula is C21H35IN6O2S. The lowest BCUT2D eigenvalue weighted by molar-refractivity contribution is 0.581. The van der Waals surface area contributed by atoms with E-state index in [0.717, 1.165) is 29.9 Å². The fourth-order valence-corrected chi connectivity index (χ4v) is 4.19. The molecule has 0 amide bonds. The lowest BCUT2D eigenvalue weighted by atomic mass is 10.1. The second kappa shape index (κ2) is 12.4. The van der Waals surface area contributed by atoms with Crippen molar-refractivity contribution in [2.75, 3.05) is 19.6 Å². The van der Waals surface area contributed by atoms with Gasteiger partial charge in [0.15, 0.2) is 5.96 Å². The minimum atomic E-state index is -3.53. The van der Waals surface area contributed by atoms with Crippen molar-refractivity contribution in [2.24, 2.45) is 12.0 Å². The molecule has 1 aromatic carbocycles. The molecule has 0 radical (unpaired) electrons. The molecule has 0 aliphatic rings. The van der Waals surface area contributed by atoms with Crippen LogP contribution in [0.25, 0.3) is 0 Å². The van der Waals surface area contributed by atoms with Crippen LogP contribution < -0.4 is 15.4 Å². The third kappa shape index (κ3) is 8.08. The zero-order valence-corrected chi connectivity index (χ0v) is 22.3. The molecular weight excluding hydrogens is 527 g/mol. The van der Waals surface area contributed by atoms with Crippen LogP contribution in [-0.2, 0) is 23.5 Å². The number of hydrogen-bond acceptors (Lipinski definition) is 4. The summed E-state index contributed by atoms with van der Waals surface area (Å²) in [6.45, 7) is 11.4. The minimum Gasteiger partial charge on any atom is -0.357 e. The average Bonchev–Trinajstić information content (AvgIpc) is 2.91. The van der Waals surface area contributed by atoms with E-state index in [0.29, 0.717) is 12.5 Å². The Hall–Kier alpha value is -1.66. The number of guanidine groups is 1. The van der Waals surface area contributed by atoms with Gasteiger partial charge in [-0.1, -0.05) is 17.7 Å². The Morgan fingerprint density at radius 1 is 1.19 bits per heavy atom. The van der Waals surface area contributed by atoms with Crippen molar-refractivity contribution in [1.29, 1.82) is 0 Å². The Balaban J connectivity index is 0.00000480. The number of benzene rings is 1. The van der Waals surface area contributed by atoms with Gasteiger partial charge in [-0.2, -0.15) is 5.10 Å². The molecule has 1 heterocycles. The van der Waals surface area contributed by atoms with Crippen molar-refractivity contribution in [3.8, 4) is 0 Å². The molecule has 0 saturated heterocycles. The number of nitrogens with one attached hydrogen (secondary N) is 3. The first-order valence-electron chi connectivity index (χ1n) is 10.2. The van der Waals surface area contributed by atoms with E-state index in [1.54, 1.807) is 24.3 Å². The van der Waals surface area contributed by atoms with Crippen molar-refractivity contribution in [1.82, 2.24) is 25.1 Å². The number of halogens is 1. The number of hydrogen-bond donors (Lipinski definition) is 3. The van der Waals surface area contributed by atoms with E-state index >= 15 is 0 Å². The largest absolute Gasteiger partial charge is 0.357 e. The molecule has 0 aliphatic heterocycles. The second-order valence-electron chi connectivity index (χ2n) is 7.49. The van der Waals surface area contributed by atoms with Crippen molar-refractivity contribution < 1.29 is 8.42 Å². The van der Waals surface area contributed by atoms with E-state index in [1.807, 2.05) is 32.5 Å². The Kier molecular flexibility index (Phi) is 10.9. The minimum absolute atomic E-state index is 0. The SMILES string of the molecule is CCNC(=NCCNS(=O)(=O)c1ccc(C)cc1)NC(C)Cc1c(C)nn(C)c1C.I. The van der Waals surface area contributed by atoms with Gasteiger partial charge in [0.1, 0.15) is 0 Å². The fourth-order valence-electron chi connectivity index (χ4n) is 3.17. The summed E-state index contributed by atoms with van der Waals surface area (Å²) in [5.41, 5.74) is 4.45. The molecule has 1 aromatic heterocycles. The number of nitrogens with zero attached hydrogens (tertiary/aromatic N) is 3. The van der Waals surface area contributed by atoms with E-state index in [4.69, 9.17) is 0 Å². The monoisotopic (exact) mass is 562 g/mol. The van der Waals surface area contributed by atoms with Gasteiger partial charge in [0.25, 0.3) is 0 Å². The van der Waals surface area contributed by atoms with Crippen molar-refractivity contribution in [3.63, 3.8) is 0 Å². The molecule has 3 N–H and O–H groups in total. The van der Waals surface area contributed by atoms with E-state index in [1.165, 1.54) is 5.56 Å². The summed E-state index contributed by atoms with van der Waals surface area (Å²) >= 11 is 0. The average molecular weight is 563 g/mol. The maximum atomic E-state index is 12.4. The molecule has 2 rings (SSSR count). The summed E-state index contributed by atoms with van der Waals surface area (Å²) in [6, 6.07) is 6.93. The molecule has 1 unspecified atom stereocenters. The molecule has 0 spiro atoms. The van der Waals surface area contributed by atoms with Crippen LogP contribution in [0.4, 0.5) is 0 Å². The normalized spacial score (nSPS) is 12.9. The third-order valence-electron chi connectivity index (χ3n) is 4.90. The smallest absolute Gasteiger partial charge is 0.240 e. The number of aromatic nitrogens is 2. The maximum Gasteiger partial charge on any atom is 0.240 e. The van der Waals surface area contributed by atoms with Crippen molar-refractivity contribution in [3.05, 3.63) is 46.8 Å². The number of rotatable bonds is 9. The van der Waals surface area contributed by atoms with E-state index in [9.17, 15) is 8.42 Å². The van der Waals surface area contributed by atoms with Crippen LogP contribution in [0.15, 0.2) is 34.2 Å². The summed E-state index contributed by atoms with van der Waals surface area (Å²) in [7, 11) is -1.58. The highest BCUT2D eigenvalue weighted by atomic mass is 127. The Labute approximate surface area is 203 Å². The van der Waals surface area contributed by atoms with Crippen LogP contribution in [0.5, 0.6) is 0 Å². The highest BCUT2D eigenvalue weighted by molar-refractivity contribution is 14.0. The van der Waals surface area contributed by atoms with Crippen LogP contribution in [-0.4, -0.2) is 49.8 Å². The second-order valence-corrected chi connectivity index (χ2v) is 9.26. The number of aliphatic imine (C=N–C) groups is 1. The van der Waals surface area contributed by atoms with Gasteiger partial charge in [-0.05, 0) is 58.7 Å². The van der Waals surface area contributed by atoms with Crippen molar-refractivity contribution in [2.45, 2.75) is 52.0 Å². The van der Waals surface area contributed by atoms with Gasteiger partial charge in [-0.15, -0.1) is 24.0 Å². The lowest BCUT2D eigenvalue weighted by Crippen LogP contribution is -2.43. The predicted octanol–water partition coefficient (Wildman–Crippen LogP) is 2.43.